The van der Waals surface area contributed by atoms with Crippen molar-refractivity contribution >= 4 is 5.82 Å². The lowest BCUT2D eigenvalue weighted by Gasteiger charge is -2.24. The van der Waals surface area contributed by atoms with Crippen LogP contribution in [-0.2, 0) is 13.0 Å². The van der Waals surface area contributed by atoms with Crippen molar-refractivity contribution in [3.05, 3.63) is 23.4 Å². The van der Waals surface area contributed by atoms with Gasteiger partial charge in [0.25, 0.3) is 0 Å². The van der Waals surface area contributed by atoms with Gasteiger partial charge in [-0.3, -0.25) is 0 Å². The van der Waals surface area contributed by atoms with Crippen LogP contribution in [0.3, 0.4) is 0 Å². The largest absolute Gasteiger partial charge is 0.405 e. The summed E-state index contributed by atoms with van der Waals surface area (Å²) < 4.78 is 37.5. The molecule has 0 aromatic carbocycles. The molecule has 108 valence electrons. The number of halogens is 3. The third-order valence-corrected chi connectivity index (χ3v) is 2.74. The Bertz CT molecular complexity index is 405. The number of hydrogen-bond donors (Lipinski definition) is 1. The average Bonchev–Trinajstić information content (AvgIpc) is 2.34. The van der Waals surface area contributed by atoms with E-state index in [-0.39, 0.29) is 6.54 Å². The van der Waals surface area contributed by atoms with Crippen LogP contribution in [0.15, 0.2) is 12.1 Å². The number of hydrogen-bond acceptors (Lipinski definition) is 3. The number of aryl methyl sites for hydroxylation is 1. The van der Waals surface area contributed by atoms with Gasteiger partial charge in [0.15, 0.2) is 0 Å². The van der Waals surface area contributed by atoms with Gasteiger partial charge in [0.1, 0.15) is 12.4 Å². The zero-order valence-electron chi connectivity index (χ0n) is 11.3. The van der Waals surface area contributed by atoms with E-state index in [0.717, 1.165) is 24.1 Å². The predicted molar refractivity (Wildman–Crippen MR) is 70.1 cm³/mol. The molecule has 0 unspecified atom stereocenters. The fourth-order valence-electron chi connectivity index (χ4n) is 1.87. The lowest BCUT2D eigenvalue weighted by molar-refractivity contribution is -0.119. The van der Waals surface area contributed by atoms with Crippen LogP contribution < -0.4 is 10.6 Å². The Morgan fingerprint density at radius 3 is 2.42 bits per heavy atom. The van der Waals surface area contributed by atoms with E-state index in [1.54, 1.807) is 13.0 Å². The molecular formula is C13H20F3N3. The molecule has 0 aliphatic heterocycles. The van der Waals surface area contributed by atoms with Crippen molar-refractivity contribution in [3.8, 4) is 0 Å². The van der Waals surface area contributed by atoms with Crippen molar-refractivity contribution < 1.29 is 13.2 Å². The second kappa shape index (κ2) is 6.75. The van der Waals surface area contributed by atoms with Crippen LogP contribution in [0.5, 0.6) is 0 Å². The van der Waals surface area contributed by atoms with E-state index in [1.807, 2.05) is 13.0 Å². The molecule has 3 nitrogen and oxygen atoms in total. The highest BCUT2D eigenvalue weighted by molar-refractivity contribution is 5.43. The smallest absolute Gasteiger partial charge is 0.348 e. The van der Waals surface area contributed by atoms with Crippen LogP contribution >= 0.6 is 0 Å². The number of nitrogens with two attached hydrogens (primary N) is 1. The minimum absolute atomic E-state index is 0.256. The topological polar surface area (TPSA) is 42.1 Å². The van der Waals surface area contributed by atoms with Gasteiger partial charge in [0.2, 0.25) is 0 Å². The van der Waals surface area contributed by atoms with Crippen molar-refractivity contribution in [2.75, 3.05) is 18.0 Å². The van der Waals surface area contributed by atoms with E-state index < -0.39 is 12.7 Å². The Balaban J connectivity index is 3.04. The van der Waals surface area contributed by atoms with Crippen molar-refractivity contribution in [1.82, 2.24) is 4.98 Å². The van der Waals surface area contributed by atoms with Gasteiger partial charge >= 0.3 is 6.18 Å². The van der Waals surface area contributed by atoms with Gasteiger partial charge in [-0.25, -0.2) is 4.98 Å². The first-order valence-corrected chi connectivity index (χ1v) is 6.41. The molecular weight excluding hydrogens is 255 g/mol. The molecule has 1 heterocycles. The van der Waals surface area contributed by atoms with E-state index in [4.69, 9.17) is 5.73 Å². The second-order valence-corrected chi connectivity index (χ2v) is 4.41. The molecule has 0 saturated heterocycles. The van der Waals surface area contributed by atoms with E-state index in [2.05, 4.69) is 4.98 Å². The summed E-state index contributed by atoms with van der Waals surface area (Å²) in [5.41, 5.74) is 7.19. The second-order valence-electron chi connectivity index (χ2n) is 4.41. The molecule has 1 aromatic heterocycles. The Hall–Kier alpha value is -1.30. The van der Waals surface area contributed by atoms with Crippen LogP contribution in [-0.4, -0.2) is 24.2 Å². The normalized spacial score (nSPS) is 11.7. The molecule has 0 amide bonds. The summed E-state index contributed by atoms with van der Waals surface area (Å²) in [7, 11) is 0. The zero-order valence-corrected chi connectivity index (χ0v) is 11.3. The quantitative estimate of drug-likeness (QED) is 0.868. The van der Waals surface area contributed by atoms with E-state index in [1.165, 1.54) is 4.90 Å². The molecule has 0 radical (unpaired) electrons. The molecule has 0 fully saturated rings. The van der Waals surface area contributed by atoms with Crippen LogP contribution in [0.25, 0.3) is 0 Å². The highest BCUT2D eigenvalue weighted by Crippen LogP contribution is 2.22. The maximum Gasteiger partial charge on any atom is 0.405 e. The monoisotopic (exact) mass is 275 g/mol. The number of anilines is 1. The van der Waals surface area contributed by atoms with Crippen molar-refractivity contribution in [2.24, 2.45) is 5.73 Å². The van der Waals surface area contributed by atoms with Crippen LogP contribution in [0, 0.1) is 0 Å². The molecule has 19 heavy (non-hydrogen) atoms. The number of rotatable bonds is 6. The summed E-state index contributed by atoms with van der Waals surface area (Å²) in [5, 5.41) is 0. The third-order valence-electron chi connectivity index (χ3n) is 2.74. The highest BCUT2D eigenvalue weighted by Gasteiger charge is 2.30. The SMILES string of the molecule is CCCc1cc(CN)cc(N(CC)CC(F)(F)F)n1. The lowest BCUT2D eigenvalue weighted by atomic mass is 10.1. The minimum Gasteiger partial charge on any atom is -0.348 e. The van der Waals surface area contributed by atoms with Crippen molar-refractivity contribution in [2.45, 2.75) is 39.4 Å². The fourth-order valence-corrected chi connectivity index (χ4v) is 1.87. The lowest BCUT2D eigenvalue weighted by Crippen LogP contribution is -2.34. The summed E-state index contributed by atoms with van der Waals surface area (Å²) in [4.78, 5) is 5.52. The first kappa shape index (κ1) is 15.8. The Labute approximate surface area is 111 Å². The van der Waals surface area contributed by atoms with Gasteiger partial charge in [-0.15, -0.1) is 0 Å². The summed E-state index contributed by atoms with van der Waals surface area (Å²) in [6, 6.07) is 3.49. The minimum atomic E-state index is -4.23. The van der Waals surface area contributed by atoms with Crippen molar-refractivity contribution in [3.63, 3.8) is 0 Å². The Kier molecular flexibility index (Phi) is 5.60. The first-order chi connectivity index (χ1) is 8.89. The maximum atomic E-state index is 12.5. The van der Waals surface area contributed by atoms with E-state index >= 15 is 0 Å². The molecule has 0 spiro atoms. The van der Waals surface area contributed by atoms with Gasteiger partial charge in [0.05, 0.1) is 0 Å². The molecule has 6 heteroatoms. The first-order valence-electron chi connectivity index (χ1n) is 6.41. The Morgan fingerprint density at radius 1 is 1.26 bits per heavy atom. The van der Waals surface area contributed by atoms with Gasteiger partial charge < -0.3 is 10.6 Å². The number of pyridine rings is 1. The Morgan fingerprint density at radius 2 is 1.95 bits per heavy atom. The van der Waals surface area contributed by atoms with Crippen LogP contribution in [0.1, 0.15) is 31.5 Å². The molecule has 0 bridgehead atoms. The molecule has 1 aromatic rings. The van der Waals surface area contributed by atoms with Crippen molar-refractivity contribution in [1.29, 1.82) is 0 Å². The molecule has 0 aliphatic carbocycles. The van der Waals surface area contributed by atoms with Gasteiger partial charge in [-0.2, -0.15) is 13.2 Å². The standard InChI is InChI=1S/C13H20F3N3/c1-3-5-11-6-10(8-17)7-12(18-11)19(4-2)9-13(14,15)16/h6-7H,3-5,8-9,17H2,1-2H3. The molecule has 0 aliphatic rings. The summed E-state index contributed by atoms with van der Waals surface area (Å²) >= 11 is 0. The average molecular weight is 275 g/mol. The zero-order chi connectivity index (χ0) is 14.5. The predicted octanol–water partition coefficient (Wildman–Crippen LogP) is 2.88. The third kappa shape index (κ3) is 5.06. The van der Waals surface area contributed by atoms with E-state index in [9.17, 15) is 13.2 Å². The number of aromatic nitrogens is 1. The van der Waals surface area contributed by atoms with Gasteiger partial charge in [-0.05, 0) is 31.0 Å². The molecule has 2 N–H and O–H groups in total. The fraction of sp³-hybridized carbons (Fsp3) is 0.615. The van der Waals surface area contributed by atoms with Crippen LogP contribution in [0.2, 0.25) is 0 Å². The van der Waals surface area contributed by atoms with Crippen LogP contribution in [0.4, 0.5) is 19.0 Å². The molecule has 0 saturated carbocycles. The molecule has 1 rings (SSSR count). The maximum absolute atomic E-state index is 12.5. The van der Waals surface area contributed by atoms with E-state index in [0.29, 0.717) is 12.4 Å². The molecule has 0 atom stereocenters. The number of nitrogens with zero attached hydrogens (tertiary/aromatic N) is 2. The van der Waals surface area contributed by atoms with Gasteiger partial charge in [-0.1, -0.05) is 13.3 Å². The van der Waals surface area contributed by atoms with Gasteiger partial charge in [0, 0.05) is 18.8 Å². The summed E-state index contributed by atoms with van der Waals surface area (Å²) in [6.45, 7) is 3.25. The number of alkyl halides is 3. The summed E-state index contributed by atoms with van der Waals surface area (Å²) in [5.74, 6) is 0.353. The summed E-state index contributed by atoms with van der Waals surface area (Å²) in [6.07, 6.45) is -2.60. The highest BCUT2D eigenvalue weighted by atomic mass is 19.4.